The predicted molar refractivity (Wildman–Crippen MR) is 97.7 cm³/mol. The monoisotopic (exact) mass is 411 g/mol. The summed E-state index contributed by atoms with van der Waals surface area (Å²) in [5.41, 5.74) is -1.28. The van der Waals surface area contributed by atoms with Crippen molar-refractivity contribution >= 4 is 12.0 Å². The standard InChI is InChI=1S/C18H20F3N5O3/c1-12-9-23-16(24-10-12)25-3-5-26(6-4-25)17(28)29-7-2-13-8-14(18(19,20)21)15(27)22-11-13/h8-11H,2-7H2,1H3,(H,22,27). The van der Waals surface area contributed by atoms with Gasteiger partial charge in [-0.05, 0) is 24.1 Å². The molecule has 3 heterocycles. The maximum Gasteiger partial charge on any atom is 0.421 e. The Balaban J connectivity index is 1.47. The molecule has 8 nitrogen and oxygen atoms in total. The molecule has 2 aromatic rings. The molecule has 11 heteroatoms. The number of amides is 1. The Morgan fingerprint density at radius 1 is 1.21 bits per heavy atom. The first-order chi connectivity index (χ1) is 13.7. The van der Waals surface area contributed by atoms with Crippen molar-refractivity contribution in [2.45, 2.75) is 19.5 Å². The lowest BCUT2D eigenvalue weighted by Crippen LogP contribution is -2.49. The van der Waals surface area contributed by atoms with Gasteiger partial charge < -0.3 is 19.5 Å². The van der Waals surface area contributed by atoms with Gasteiger partial charge in [-0.3, -0.25) is 4.79 Å². The highest BCUT2D eigenvalue weighted by Gasteiger charge is 2.34. The van der Waals surface area contributed by atoms with Gasteiger partial charge in [-0.2, -0.15) is 13.2 Å². The molecule has 0 saturated carbocycles. The number of anilines is 1. The maximum atomic E-state index is 12.8. The molecule has 0 atom stereocenters. The summed E-state index contributed by atoms with van der Waals surface area (Å²) in [5, 5.41) is 0. The second kappa shape index (κ2) is 8.50. The quantitative estimate of drug-likeness (QED) is 0.828. The van der Waals surface area contributed by atoms with E-state index in [0.29, 0.717) is 32.1 Å². The second-order valence-electron chi connectivity index (χ2n) is 6.65. The van der Waals surface area contributed by atoms with Crippen LogP contribution in [0.2, 0.25) is 0 Å². The van der Waals surface area contributed by atoms with Crippen molar-refractivity contribution in [3.63, 3.8) is 0 Å². The number of hydrogen-bond acceptors (Lipinski definition) is 6. The van der Waals surface area contributed by atoms with Crippen molar-refractivity contribution in [3.05, 3.63) is 51.7 Å². The third kappa shape index (κ3) is 5.24. The minimum atomic E-state index is -4.74. The minimum absolute atomic E-state index is 0.0583. The number of piperazine rings is 1. The van der Waals surface area contributed by atoms with Gasteiger partial charge in [-0.25, -0.2) is 14.8 Å². The molecule has 0 bridgehead atoms. The summed E-state index contributed by atoms with van der Waals surface area (Å²) in [6.45, 7) is 3.75. The van der Waals surface area contributed by atoms with Gasteiger partial charge in [-0.1, -0.05) is 0 Å². The second-order valence-corrected chi connectivity index (χ2v) is 6.65. The Bertz CT molecular complexity index is 906. The number of nitrogens with one attached hydrogen (secondary N) is 1. The molecule has 0 unspecified atom stereocenters. The van der Waals surface area contributed by atoms with Crippen molar-refractivity contribution in [2.24, 2.45) is 0 Å². The number of rotatable bonds is 4. The molecule has 0 radical (unpaired) electrons. The Morgan fingerprint density at radius 2 is 1.86 bits per heavy atom. The van der Waals surface area contributed by atoms with E-state index in [1.165, 1.54) is 11.1 Å². The topological polar surface area (TPSA) is 91.4 Å². The van der Waals surface area contributed by atoms with E-state index in [-0.39, 0.29) is 18.6 Å². The fraction of sp³-hybridized carbons (Fsp3) is 0.444. The number of nitrogens with zero attached hydrogens (tertiary/aromatic N) is 4. The lowest BCUT2D eigenvalue weighted by Gasteiger charge is -2.34. The lowest BCUT2D eigenvalue weighted by atomic mass is 10.1. The summed E-state index contributed by atoms with van der Waals surface area (Å²) in [6, 6.07) is 0.771. The third-order valence-corrected chi connectivity index (χ3v) is 4.47. The number of carbonyl (C=O) groups excluding carboxylic acids is 1. The van der Waals surface area contributed by atoms with E-state index >= 15 is 0 Å². The highest BCUT2D eigenvalue weighted by atomic mass is 19.4. The molecule has 29 heavy (non-hydrogen) atoms. The number of ether oxygens (including phenoxy) is 1. The first kappa shape index (κ1) is 20.6. The first-order valence-electron chi connectivity index (χ1n) is 8.98. The number of carbonyl (C=O) groups is 1. The van der Waals surface area contributed by atoms with Crippen molar-refractivity contribution in [3.8, 4) is 0 Å². The zero-order valence-corrected chi connectivity index (χ0v) is 15.7. The Kier molecular flexibility index (Phi) is 6.04. The van der Waals surface area contributed by atoms with Crippen LogP contribution in [-0.4, -0.2) is 58.7 Å². The molecule has 0 aromatic carbocycles. The number of H-pyrrole nitrogens is 1. The Morgan fingerprint density at radius 3 is 2.48 bits per heavy atom. The van der Waals surface area contributed by atoms with Gasteiger partial charge in [0.2, 0.25) is 5.95 Å². The van der Waals surface area contributed by atoms with Crippen molar-refractivity contribution in [2.75, 3.05) is 37.7 Å². The van der Waals surface area contributed by atoms with Crippen LogP contribution in [0.4, 0.5) is 23.9 Å². The van der Waals surface area contributed by atoms with Gasteiger partial charge in [0, 0.05) is 51.2 Å². The normalized spacial score (nSPS) is 14.8. The van der Waals surface area contributed by atoms with Crippen LogP contribution in [0.5, 0.6) is 0 Å². The zero-order valence-electron chi connectivity index (χ0n) is 15.7. The summed E-state index contributed by atoms with van der Waals surface area (Å²) in [6.07, 6.45) is -0.571. The van der Waals surface area contributed by atoms with Crippen LogP contribution in [-0.2, 0) is 17.3 Å². The number of aryl methyl sites for hydroxylation is 1. The molecular formula is C18H20F3N5O3. The summed E-state index contributed by atoms with van der Waals surface area (Å²) >= 11 is 0. The van der Waals surface area contributed by atoms with Gasteiger partial charge in [0.25, 0.3) is 5.56 Å². The van der Waals surface area contributed by atoms with Gasteiger partial charge in [0.05, 0.1) is 6.61 Å². The summed E-state index contributed by atoms with van der Waals surface area (Å²) in [7, 11) is 0. The number of aromatic nitrogens is 3. The van der Waals surface area contributed by atoms with Crippen LogP contribution < -0.4 is 10.5 Å². The Hall–Kier alpha value is -3.11. The zero-order chi connectivity index (χ0) is 21.0. The van der Waals surface area contributed by atoms with E-state index in [9.17, 15) is 22.8 Å². The van der Waals surface area contributed by atoms with Crippen molar-refractivity contribution < 1.29 is 22.7 Å². The van der Waals surface area contributed by atoms with Gasteiger partial charge in [0.1, 0.15) is 5.56 Å². The fourth-order valence-corrected chi connectivity index (χ4v) is 2.87. The summed E-state index contributed by atoms with van der Waals surface area (Å²) in [5.74, 6) is 0.599. The van der Waals surface area contributed by atoms with Crippen LogP contribution in [0, 0.1) is 6.92 Å². The summed E-state index contributed by atoms with van der Waals surface area (Å²) < 4.78 is 43.5. The average molecular weight is 411 g/mol. The van der Waals surface area contributed by atoms with Crippen LogP contribution in [0.1, 0.15) is 16.7 Å². The molecule has 1 N–H and O–H groups in total. The molecule has 1 amide bonds. The van der Waals surface area contributed by atoms with E-state index in [2.05, 4.69) is 15.0 Å². The van der Waals surface area contributed by atoms with Gasteiger partial charge >= 0.3 is 12.3 Å². The molecule has 156 valence electrons. The minimum Gasteiger partial charge on any atom is -0.449 e. The Labute approximate surface area is 164 Å². The first-order valence-corrected chi connectivity index (χ1v) is 8.98. The molecule has 1 fully saturated rings. The predicted octanol–water partition coefficient (Wildman–Crippen LogP) is 1.99. The molecule has 1 saturated heterocycles. The number of pyridine rings is 1. The maximum absolute atomic E-state index is 12.8. The number of aromatic amines is 1. The van der Waals surface area contributed by atoms with E-state index in [4.69, 9.17) is 4.74 Å². The smallest absolute Gasteiger partial charge is 0.421 e. The van der Waals surface area contributed by atoms with Gasteiger partial charge in [0.15, 0.2) is 0 Å². The average Bonchev–Trinajstić information content (AvgIpc) is 2.69. The van der Waals surface area contributed by atoms with Gasteiger partial charge in [-0.15, -0.1) is 0 Å². The van der Waals surface area contributed by atoms with Crippen LogP contribution in [0.15, 0.2) is 29.5 Å². The van der Waals surface area contributed by atoms with Crippen LogP contribution >= 0.6 is 0 Å². The SMILES string of the molecule is Cc1cnc(N2CCN(C(=O)OCCc3c[nH]c(=O)c(C(F)(F)F)c3)CC2)nc1. The molecule has 0 aliphatic carbocycles. The number of hydrogen-bond donors (Lipinski definition) is 1. The molecule has 0 spiro atoms. The highest BCUT2D eigenvalue weighted by Crippen LogP contribution is 2.26. The van der Waals surface area contributed by atoms with E-state index in [1.54, 1.807) is 12.4 Å². The fourth-order valence-electron chi connectivity index (χ4n) is 2.87. The molecule has 1 aliphatic heterocycles. The molecular weight excluding hydrogens is 391 g/mol. The summed E-state index contributed by atoms with van der Waals surface area (Å²) in [4.78, 5) is 37.5. The van der Waals surface area contributed by atoms with E-state index in [0.717, 1.165) is 11.6 Å². The number of alkyl halides is 3. The van der Waals surface area contributed by atoms with Crippen molar-refractivity contribution in [1.82, 2.24) is 19.9 Å². The van der Waals surface area contributed by atoms with Crippen LogP contribution in [0.3, 0.4) is 0 Å². The largest absolute Gasteiger partial charge is 0.449 e. The van der Waals surface area contributed by atoms with Crippen molar-refractivity contribution in [1.29, 1.82) is 0 Å². The molecule has 2 aromatic heterocycles. The van der Waals surface area contributed by atoms with E-state index in [1.807, 2.05) is 11.8 Å². The van der Waals surface area contributed by atoms with E-state index < -0.39 is 23.4 Å². The highest BCUT2D eigenvalue weighted by molar-refractivity contribution is 5.68. The third-order valence-electron chi connectivity index (χ3n) is 4.47. The van der Waals surface area contributed by atoms with Crippen LogP contribution in [0.25, 0.3) is 0 Å². The lowest BCUT2D eigenvalue weighted by molar-refractivity contribution is -0.138. The number of halogens is 3. The molecule has 3 rings (SSSR count). The molecule has 1 aliphatic rings.